The molecule has 1 N–H and O–H groups in total. The Hall–Kier alpha value is -1.45. The summed E-state index contributed by atoms with van der Waals surface area (Å²) >= 11 is 5.63. The van der Waals surface area contributed by atoms with Crippen molar-refractivity contribution in [2.75, 3.05) is 0 Å². The van der Waals surface area contributed by atoms with Crippen molar-refractivity contribution in [1.29, 1.82) is 0 Å². The van der Waals surface area contributed by atoms with Crippen LogP contribution in [0.5, 0.6) is 0 Å². The second-order valence-corrected chi connectivity index (χ2v) is 5.20. The molecule has 0 heterocycles. The SMILES string of the molecule is CCC(O)(Cc1ccc(Cl)c(F)c1)c1ccccc1F. The number of halogens is 3. The van der Waals surface area contributed by atoms with Crippen molar-refractivity contribution in [3.05, 3.63) is 70.2 Å². The molecule has 1 atom stereocenters. The molecule has 20 heavy (non-hydrogen) atoms. The normalized spacial score (nSPS) is 14.1. The van der Waals surface area contributed by atoms with Gasteiger partial charge in [-0.05, 0) is 30.2 Å². The van der Waals surface area contributed by atoms with E-state index in [-0.39, 0.29) is 17.0 Å². The number of rotatable bonds is 4. The maximum Gasteiger partial charge on any atom is 0.142 e. The lowest BCUT2D eigenvalue weighted by atomic mass is 9.85. The molecule has 2 rings (SSSR count). The van der Waals surface area contributed by atoms with Crippen molar-refractivity contribution >= 4 is 11.6 Å². The fourth-order valence-corrected chi connectivity index (χ4v) is 2.35. The van der Waals surface area contributed by atoms with E-state index in [2.05, 4.69) is 0 Å². The molecule has 0 aliphatic carbocycles. The predicted octanol–water partition coefficient (Wildman–Crippen LogP) is 4.46. The number of aliphatic hydroxyl groups is 1. The summed E-state index contributed by atoms with van der Waals surface area (Å²) in [6.45, 7) is 1.76. The van der Waals surface area contributed by atoms with Gasteiger partial charge in [0, 0.05) is 12.0 Å². The molecule has 4 heteroatoms. The molecule has 0 saturated carbocycles. The molecular weight excluding hydrogens is 282 g/mol. The monoisotopic (exact) mass is 296 g/mol. The van der Waals surface area contributed by atoms with E-state index < -0.39 is 17.2 Å². The third-order valence-corrected chi connectivity index (χ3v) is 3.75. The summed E-state index contributed by atoms with van der Waals surface area (Å²) in [5.41, 5.74) is -0.580. The van der Waals surface area contributed by atoms with Gasteiger partial charge in [0.1, 0.15) is 11.6 Å². The predicted molar refractivity (Wildman–Crippen MR) is 75.7 cm³/mol. The summed E-state index contributed by atoms with van der Waals surface area (Å²) < 4.78 is 27.3. The van der Waals surface area contributed by atoms with E-state index in [4.69, 9.17) is 11.6 Å². The minimum Gasteiger partial charge on any atom is -0.385 e. The topological polar surface area (TPSA) is 20.2 Å². The minimum atomic E-state index is -1.37. The minimum absolute atomic E-state index is 0.0275. The molecule has 2 aromatic rings. The van der Waals surface area contributed by atoms with Crippen LogP contribution in [-0.4, -0.2) is 5.11 Å². The molecular formula is C16H15ClF2O. The molecule has 0 saturated heterocycles. The fourth-order valence-electron chi connectivity index (χ4n) is 2.24. The van der Waals surface area contributed by atoms with Gasteiger partial charge in [0.25, 0.3) is 0 Å². The van der Waals surface area contributed by atoms with E-state index >= 15 is 0 Å². The van der Waals surface area contributed by atoms with Crippen LogP contribution in [-0.2, 0) is 12.0 Å². The first-order valence-electron chi connectivity index (χ1n) is 6.37. The Balaban J connectivity index is 2.36. The van der Waals surface area contributed by atoms with Gasteiger partial charge in [-0.25, -0.2) is 8.78 Å². The van der Waals surface area contributed by atoms with Gasteiger partial charge in [0.2, 0.25) is 0 Å². The van der Waals surface area contributed by atoms with E-state index in [1.54, 1.807) is 31.2 Å². The van der Waals surface area contributed by atoms with Crippen molar-refractivity contribution in [3.8, 4) is 0 Å². The molecule has 0 aromatic heterocycles. The van der Waals surface area contributed by atoms with Crippen LogP contribution in [0, 0.1) is 11.6 Å². The maximum absolute atomic E-state index is 13.9. The van der Waals surface area contributed by atoms with Crippen LogP contribution in [0.25, 0.3) is 0 Å². The van der Waals surface area contributed by atoms with Gasteiger partial charge >= 0.3 is 0 Å². The fraction of sp³-hybridized carbons (Fsp3) is 0.250. The van der Waals surface area contributed by atoms with Crippen molar-refractivity contribution in [1.82, 2.24) is 0 Å². The van der Waals surface area contributed by atoms with Gasteiger partial charge in [-0.15, -0.1) is 0 Å². The highest BCUT2D eigenvalue weighted by Gasteiger charge is 2.30. The Bertz CT molecular complexity index is 615. The molecule has 106 valence electrons. The van der Waals surface area contributed by atoms with E-state index in [1.165, 1.54) is 18.2 Å². The lowest BCUT2D eigenvalue weighted by molar-refractivity contribution is 0.0291. The standard InChI is InChI=1S/C16H15ClF2O/c1-2-16(20,12-5-3-4-6-14(12)18)10-11-7-8-13(17)15(19)9-11/h3-9,20H,2,10H2,1H3. The Labute approximate surface area is 121 Å². The third kappa shape index (κ3) is 3.00. The van der Waals surface area contributed by atoms with Gasteiger partial charge in [-0.3, -0.25) is 0 Å². The summed E-state index contributed by atoms with van der Waals surface area (Å²) in [4.78, 5) is 0. The van der Waals surface area contributed by atoms with Crippen molar-refractivity contribution < 1.29 is 13.9 Å². The summed E-state index contributed by atoms with van der Waals surface area (Å²) in [7, 11) is 0. The highest BCUT2D eigenvalue weighted by molar-refractivity contribution is 6.30. The zero-order chi connectivity index (χ0) is 14.8. The van der Waals surface area contributed by atoms with Gasteiger partial charge in [-0.1, -0.05) is 42.8 Å². The van der Waals surface area contributed by atoms with Gasteiger partial charge in [0.15, 0.2) is 0 Å². The van der Waals surface area contributed by atoms with Crippen molar-refractivity contribution in [3.63, 3.8) is 0 Å². The summed E-state index contributed by atoms with van der Waals surface area (Å²) in [5.74, 6) is -1.01. The molecule has 0 spiro atoms. The second-order valence-electron chi connectivity index (χ2n) is 4.79. The van der Waals surface area contributed by atoms with E-state index in [0.29, 0.717) is 12.0 Å². The molecule has 1 nitrogen and oxygen atoms in total. The van der Waals surface area contributed by atoms with Crippen LogP contribution in [0.2, 0.25) is 5.02 Å². The van der Waals surface area contributed by atoms with E-state index in [1.807, 2.05) is 0 Å². The molecule has 1 unspecified atom stereocenters. The Morgan fingerprint density at radius 3 is 2.40 bits per heavy atom. The largest absolute Gasteiger partial charge is 0.385 e. The Morgan fingerprint density at radius 2 is 1.80 bits per heavy atom. The van der Waals surface area contributed by atoms with Gasteiger partial charge in [-0.2, -0.15) is 0 Å². The average molecular weight is 297 g/mol. The van der Waals surface area contributed by atoms with Crippen LogP contribution < -0.4 is 0 Å². The van der Waals surface area contributed by atoms with Crippen LogP contribution >= 0.6 is 11.6 Å². The summed E-state index contributed by atoms with van der Waals surface area (Å²) in [6.07, 6.45) is 0.441. The number of hydrogen-bond donors (Lipinski definition) is 1. The van der Waals surface area contributed by atoms with E-state index in [0.717, 1.165) is 0 Å². The van der Waals surface area contributed by atoms with Crippen LogP contribution in [0.4, 0.5) is 8.78 Å². The smallest absolute Gasteiger partial charge is 0.142 e. The number of benzene rings is 2. The van der Waals surface area contributed by atoms with Crippen molar-refractivity contribution in [2.45, 2.75) is 25.4 Å². The molecule has 0 fully saturated rings. The quantitative estimate of drug-likeness (QED) is 0.883. The molecule has 0 aliphatic rings. The second kappa shape index (κ2) is 5.90. The van der Waals surface area contributed by atoms with Crippen molar-refractivity contribution in [2.24, 2.45) is 0 Å². The summed E-state index contributed by atoms with van der Waals surface area (Å²) in [6, 6.07) is 10.4. The highest BCUT2D eigenvalue weighted by atomic mass is 35.5. The molecule has 2 aromatic carbocycles. The van der Waals surface area contributed by atoms with Crippen LogP contribution in [0.1, 0.15) is 24.5 Å². The lowest BCUT2D eigenvalue weighted by Crippen LogP contribution is -2.29. The zero-order valence-corrected chi connectivity index (χ0v) is 11.8. The average Bonchev–Trinajstić information content (AvgIpc) is 2.43. The van der Waals surface area contributed by atoms with E-state index in [9.17, 15) is 13.9 Å². The first-order valence-corrected chi connectivity index (χ1v) is 6.75. The zero-order valence-electron chi connectivity index (χ0n) is 11.0. The Morgan fingerprint density at radius 1 is 1.10 bits per heavy atom. The lowest BCUT2D eigenvalue weighted by Gasteiger charge is -2.28. The maximum atomic E-state index is 13.9. The molecule has 0 bridgehead atoms. The van der Waals surface area contributed by atoms with Gasteiger partial charge in [0.05, 0.1) is 10.6 Å². The number of hydrogen-bond acceptors (Lipinski definition) is 1. The highest BCUT2D eigenvalue weighted by Crippen LogP contribution is 2.31. The van der Waals surface area contributed by atoms with Crippen LogP contribution in [0.3, 0.4) is 0 Å². The van der Waals surface area contributed by atoms with Crippen LogP contribution in [0.15, 0.2) is 42.5 Å². The molecule has 0 aliphatic heterocycles. The molecule has 0 amide bonds. The molecule has 0 radical (unpaired) electrons. The summed E-state index contributed by atoms with van der Waals surface area (Å²) in [5, 5.41) is 10.7. The van der Waals surface area contributed by atoms with Gasteiger partial charge < -0.3 is 5.11 Å². The first-order chi connectivity index (χ1) is 9.46. The third-order valence-electron chi connectivity index (χ3n) is 3.44. The Kier molecular flexibility index (Phi) is 4.41. The first kappa shape index (κ1) is 14.9.